The van der Waals surface area contributed by atoms with Crippen molar-refractivity contribution in [3.63, 3.8) is 0 Å². The van der Waals surface area contributed by atoms with Crippen molar-refractivity contribution >= 4 is 18.3 Å². The first kappa shape index (κ1) is 19.3. The molecule has 1 unspecified atom stereocenters. The molecule has 4 heteroatoms. The molecule has 2 aliphatic rings. The molecule has 3 atom stereocenters. The van der Waals surface area contributed by atoms with Gasteiger partial charge in [-0.25, -0.2) is 0 Å². The van der Waals surface area contributed by atoms with Crippen molar-refractivity contribution in [1.29, 1.82) is 0 Å². The number of halogens is 1. The third-order valence-electron chi connectivity index (χ3n) is 5.76. The molecule has 24 heavy (non-hydrogen) atoms. The van der Waals surface area contributed by atoms with E-state index < -0.39 is 0 Å². The molecule has 3 nitrogen and oxygen atoms in total. The Bertz CT molecular complexity index is 575. The zero-order valence-electron chi connectivity index (χ0n) is 15.2. The van der Waals surface area contributed by atoms with Gasteiger partial charge in [-0.05, 0) is 76.1 Å². The lowest BCUT2D eigenvalue weighted by Gasteiger charge is -2.40. The van der Waals surface area contributed by atoms with Gasteiger partial charge in [-0.15, -0.1) is 12.4 Å². The van der Waals surface area contributed by atoms with Gasteiger partial charge in [0.25, 0.3) is 0 Å². The number of carbonyl (C=O) groups excluding carboxylic acids is 1. The van der Waals surface area contributed by atoms with E-state index >= 15 is 0 Å². The minimum Gasteiger partial charge on any atom is -0.335 e. The van der Waals surface area contributed by atoms with E-state index in [1.54, 1.807) is 0 Å². The normalized spacial score (nSPS) is 27.5. The Hall–Kier alpha value is -1.06. The van der Waals surface area contributed by atoms with Crippen LogP contribution >= 0.6 is 12.4 Å². The molecule has 0 saturated carbocycles. The molecular weight excluding hydrogens is 320 g/mol. The summed E-state index contributed by atoms with van der Waals surface area (Å²) in [5.41, 5.74) is 4.05. The van der Waals surface area contributed by atoms with Crippen molar-refractivity contribution in [3.8, 4) is 0 Å². The minimum absolute atomic E-state index is 0. The van der Waals surface area contributed by atoms with E-state index in [4.69, 9.17) is 0 Å². The lowest BCUT2D eigenvalue weighted by Crippen LogP contribution is -2.46. The van der Waals surface area contributed by atoms with E-state index in [2.05, 4.69) is 49.2 Å². The van der Waals surface area contributed by atoms with Crippen molar-refractivity contribution in [2.75, 3.05) is 13.1 Å². The number of nitrogens with zero attached hydrogens (tertiary/aromatic N) is 1. The average Bonchev–Trinajstić information content (AvgIpc) is 2.57. The SMILES string of the molecule is Cc1cccc(C2CCCCN2C(=O)[C@H]2CCN[C@@H](C)C2)c1C.Cl. The Morgan fingerprint density at radius 1 is 1.21 bits per heavy atom. The number of nitrogens with one attached hydrogen (secondary N) is 1. The lowest BCUT2D eigenvalue weighted by molar-refractivity contribution is -0.140. The molecule has 134 valence electrons. The Morgan fingerprint density at radius 3 is 2.75 bits per heavy atom. The second kappa shape index (κ2) is 8.35. The van der Waals surface area contributed by atoms with Gasteiger partial charge in [0.05, 0.1) is 6.04 Å². The maximum absolute atomic E-state index is 13.2. The van der Waals surface area contributed by atoms with Crippen LogP contribution in [0.15, 0.2) is 18.2 Å². The van der Waals surface area contributed by atoms with E-state index in [-0.39, 0.29) is 24.4 Å². The Kier molecular flexibility index (Phi) is 6.70. The number of likely N-dealkylation sites (tertiary alicyclic amines) is 1. The third kappa shape index (κ3) is 3.94. The maximum Gasteiger partial charge on any atom is 0.226 e. The molecule has 2 fully saturated rings. The molecular formula is C20H31ClN2O. The highest BCUT2D eigenvalue weighted by molar-refractivity contribution is 5.85. The summed E-state index contributed by atoms with van der Waals surface area (Å²) < 4.78 is 0. The summed E-state index contributed by atoms with van der Waals surface area (Å²) in [5.74, 6) is 0.598. The molecule has 0 aromatic heterocycles. The molecule has 2 heterocycles. The molecule has 0 radical (unpaired) electrons. The van der Waals surface area contributed by atoms with Crippen molar-refractivity contribution < 1.29 is 4.79 Å². The standard InChI is InChI=1S/C20H30N2O.ClH/c1-14-7-6-8-18(16(14)3)19-9-4-5-12-22(19)20(23)17-10-11-21-15(2)13-17;/h6-8,15,17,19,21H,4-5,9-13H2,1-3H3;1H/t15-,17-,19?;/m0./s1. The Morgan fingerprint density at radius 2 is 2.00 bits per heavy atom. The maximum atomic E-state index is 13.2. The number of aryl methyl sites for hydroxylation is 1. The average molecular weight is 351 g/mol. The molecule has 2 saturated heterocycles. The Labute approximate surface area is 152 Å². The van der Waals surface area contributed by atoms with Gasteiger partial charge in [0.15, 0.2) is 0 Å². The number of benzene rings is 1. The number of hydrogen-bond donors (Lipinski definition) is 1. The highest BCUT2D eigenvalue weighted by Crippen LogP contribution is 2.35. The summed E-state index contributed by atoms with van der Waals surface area (Å²) >= 11 is 0. The molecule has 1 N–H and O–H groups in total. The van der Waals surface area contributed by atoms with Gasteiger partial charge in [-0.2, -0.15) is 0 Å². The van der Waals surface area contributed by atoms with Crippen LogP contribution in [0.2, 0.25) is 0 Å². The van der Waals surface area contributed by atoms with Crippen LogP contribution in [0.5, 0.6) is 0 Å². The van der Waals surface area contributed by atoms with Crippen LogP contribution < -0.4 is 5.32 Å². The van der Waals surface area contributed by atoms with Crippen LogP contribution in [0.1, 0.15) is 61.8 Å². The smallest absolute Gasteiger partial charge is 0.226 e. The van der Waals surface area contributed by atoms with Gasteiger partial charge in [-0.1, -0.05) is 18.2 Å². The summed E-state index contributed by atoms with van der Waals surface area (Å²) in [5, 5.41) is 3.46. The van der Waals surface area contributed by atoms with Crippen LogP contribution in [-0.4, -0.2) is 29.9 Å². The van der Waals surface area contributed by atoms with Gasteiger partial charge in [0, 0.05) is 18.5 Å². The zero-order chi connectivity index (χ0) is 16.4. The molecule has 1 amide bonds. The summed E-state index contributed by atoms with van der Waals surface area (Å²) in [6.45, 7) is 8.46. The minimum atomic E-state index is 0. The predicted molar refractivity (Wildman–Crippen MR) is 102 cm³/mol. The number of carbonyl (C=O) groups is 1. The van der Waals surface area contributed by atoms with Crippen LogP contribution in [0.3, 0.4) is 0 Å². The molecule has 1 aromatic carbocycles. The van der Waals surface area contributed by atoms with E-state index in [0.29, 0.717) is 11.9 Å². The van der Waals surface area contributed by atoms with Gasteiger partial charge in [-0.3, -0.25) is 4.79 Å². The number of amides is 1. The monoisotopic (exact) mass is 350 g/mol. The topological polar surface area (TPSA) is 32.3 Å². The first-order chi connectivity index (χ1) is 11.1. The molecule has 0 aliphatic carbocycles. The molecule has 2 aliphatic heterocycles. The summed E-state index contributed by atoms with van der Waals surface area (Å²) in [7, 11) is 0. The summed E-state index contributed by atoms with van der Waals surface area (Å²) in [6.07, 6.45) is 5.45. The quantitative estimate of drug-likeness (QED) is 0.868. The van der Waals surface area contributed by atoms with Crippen LogP contribution in [0.25, 0.3) is 0 Å². The fourth-order valence-corrected chi connectivity index (χ4v) is 4.24. The van der Waals surface area contributed by atoms with E-state index in [1.807, 2.05) is 0 Å². The number of piperidine rings is 2. The third-order valence-corrected chi connectivity index (χ3v) is 5.76. The second-order valence-corrected chi connectivity index (χ2v) is 7.41. The van der Waals surface area contributed by atoms with Crippen LogP contribution in [0.4, 0.5) is 0 Å². The van der Waals surface area contributed by atoms with E-state index in [1.165, 1.54) is 23.1 Å². The summed E-state index contributed by atoms with van der Waals surface area (Å²) in [6, 6.07) is 7.27. The highest BCUT2D eigenvalue weighted by atomic mass is 35.5. The molecule has 0 bridgehead atoms. The van der Waals surface area contributed by atoms with Gasteiger partial charge in [0.1, 0.15) is 0 Å². The lowest BCUT2D eigenvalue weighted by atomic mass is 9.87. The van der Waals surface area contributed by atoms with Gasteiger partial charge < -0.3 is 10.2 Å². The Balaban J connectivity index is 0.00000208. The molecule has 1 aromatic rings. The van der Waals surface area contributed by atoms with Crippen LogP contribution in [0, 0.1) is 19.8 Å². The van der Waals surface area contributed by atoms with Gasteiger partial charge >= 0.3 is 0 Å². The largest absolute Gasteiger partial charge is 0.335 e. The fraction of sp³-hybridized carbons (Fsp3) is 0.650. The fourth-order valence-electron chi connectivity index (χ4n) is 4.24. The zero-order valence-corrected chi connectivity index (χ0v) is 16.0. The first-order valence-electron chi connectivity index (χ1n) is 9.18. The van der Waals surface area contributed by atoms with Crippen molar-refractivity contribution in [1.82, 2.24) is 10.2 Å². The van der Waals surface area contributed by atoms with Crippen molar-refractivity contribution in [3.05, 3.63) is 34.9 Å². The van der Waals surface area contributed by atoms with E-state index in [0.717, 1.165) is 38.8 Å². The molecule has 0 spiro atoms. The van der Waals surface area contributed by atoms with Crippen molar-refractivity contribution in [2.24, 2.45) is 5.92 Å². The summed E-state index contributed by atoms with van der Waals surface area (Å²) in [4.78, 5) is 15.4. The molecule has 3 rings (SSSR count). The second-order valence-electron chi connectivity index (χ2n) is 7.41. The first-order valence-corrected chi connectivity index (χ1v) is 9.18. The number of rotatable bonds is 2. The number of hydrogen-bond acceptors (Lipinski definition) is 2. The highest BCUT2D eigenvalue weighted by Gasteiger charge is 2.34. The van der Waals surface area contributed by atoms with Crippen molar-refractivity contribution in [2.45, 2.75) is 65.0 Å². The van der Waals surface area contributed by atoms with Crippen LogP contribution in [-0.2, 0) is 4.79 Å². The van der Waals surface area contributed by atoms with E-state index in [9.17, 15) is 4.79 Å². The predicted octanol–water partition coefficient (Wildman–Crippen LogP) is 4.17. The van der Waals surface area contributed by atoms with Gasteiger partial charge in [0.2, 0.25) is 5.91 Å².